The molecule has 0 spiro atoms. The van der Waals surface area contributed by atoms with E-state index in [0.29, 0.717) is 0 Å². The van der Waals surface area contributed by atoms with Crippen molar-refractivity contribution in [1.29, 1.82) is 0 Å². The van der Waals surface area contributed by atoms with E-state index in [4.69, 9.17) is 0 Å². The molecule has 0 radical (unpaired) electrons. The van der Waals surface area contributed by atoms with Crippen molar-refractivity contribution in [3.8, 4) is 5.82 Å². The lowest BCUT2D eigenvalue weighted by Crippen LogP contribution is -2.01. The molecule has 0 saturated heterocycles. The highest BCUT2D eigenvalue weighted by atomic mass is 15.3. The van der Waals surface area contributed by atoms with Crippen molar-refractivity contribution in [3.63, 3.8) is 0 Å². The predicted octanol–water partition coefficient (Wildman–Crippen LogP) is 2.14. The Bertz CT molecular complexity index is 417. The van der Waals surface area contributed by atoms with Crippen molar-refractivity contribution in [3.05, 3.63) is 41.9 Å². The molecule has 0 saturated carbocycles. The first-order chi connectivity index (χ1) is 6.81. The van der Waals surface area contributed by atoms with Crippen molar-refractivity contribution in [2.75, 3.05) is 0 Å². The molecule has 0 amide bonds. The molecule has 72 valence electrons. The fourth-order valence-electron chi connectivity index (χ4n) is 1.42. The lowest BCUT2D eigenvalue weighted by Gasteiger charge is -2.01. The van der Waals surface area contributed by atoms with Gasteiger partial charge in [0.1, 0.15) is 0 Å². The molecule has 0 fully saturated rings. The monoisotopic (exact) mass is 187 g/mol. The number of pyridine rings is 1. The molecule has 3 heteroatoms. The quantitative estimate of drug-likeness (QED) is 0.721. The second-order valence-corrected chi connectivity index (χ2v) is 3.23. The normalized spacial score (nSPS) is 10.4. The van der Waals surface area contributed by atoms with Crippen molar-refractivity contribution in [2.24, 2.45) is 0 Å². The fraction of sp³-hybridized carbons (Fsp3) is 0.273. The summed E-state index contributed by atoms with van der Waals surface area (Å²) in [5.74, 6) is 0.879. The molecule has 2 heterocycles. The first kappa shape index (κ1) is 8.94. The molecule has 3 nitrogen and oxygen atoms in total. The molecule has 14 heavy (non-hydrogen) atoms. The first-order valence-corrected chi connectivity index (χ1v) is 4.78. The van der Waals surface area contributed by atoms with Gasteiger partial charge in [-0.25, -0.2) is 9.67 Å². The molecule has 2 aromatic rings. The molecule has 2 rings (SSSR count). The van der Waals surface area contributed by atoms with Gasteiger partial charge in [-0.15, -0.1) is 0 Å². The van der Waals surface area contributed by atoms with Gasteiger partial charge in [0.2, 0.25) is 0 Å². The van der Waals surface area contributed by atoms with Gasteiger partial charge < -0.3 is 0 Å². The van der Waals surface area contributed by atoms with Crippen LogP contribution in [0.5, 0.6) is 0 Å². The van der Waals surface area contributed by atoms with E-state index < -0.39 is 0 Å². The van der Waals surface area contributed by atoms with Gasteiger partial charge in [-0.1, -0.05) is 13.0 Å². The Hall–Kier alpha value is -1.64. The minimum absolute atomic E-state index is 0.879. The van der Waals surface area contributed by atoms with Crippen LogP contribution in [0.2, 0.25) is 0 Å². The van der Waals surface area contributed by atoms with Crippen LogP contribution in [0.4, 0.5) is 0 Å². The predicted molar refractivity (Wildman–Crippen MR) is 55.5 cm³/mol. The van der Waals surface area contributed by atoms with Crippen molar-refractivity contribution in [2.45, 2.75) is 20.3 Å². The van der Waals surface area contributed by atoms with Crippen LogP contribution in [0.1, 0.15) is 18.3 Å². The van der Waals surface area contributed by atoms with Crippen LogP contribution in [0, 0.1) is 6.92 Å². The summed E-state index contributed by atoms with van der Waals surface area (Å²) >= 11 is 0. The highest BCUT2D eigenvalue weighted by molar-refractivity contribution is 5.25. The fourth-order valence-corrected chi connectivity index (χ4v) is 1.42. The third-order valence-electron chi connectivity index (χ3n) is 2.17. The van der Waals surface area contributed by atoms with Crippen LogP contribution in [-0.4, -0.2) is 14.8 Å². The van der Waals surface area contributed by atoms with E-state index >= 15 is 0 Å². The van der Waals surface area contributed by atoms with E-state index in [1.165, 1.54) is 0 Å². The number of rotatable bonds is 2. The average molecular weight is 187 g/mol. The molecule has 0 aliphatic heterocycles. The number of nitrogens with zero attached hydrogens (tertiary/aromatic N) is 3. The molecule has 0 atom stereocenters. The first-order valence-electron chi connectivity index (χ1n) is 4.78. The zero-order valence-corrected chi connectivity index (χ0v) is 8.44. The van der Waals surface area contributed by atoms with Gasteiger partial charge in [0.15, 0.2) is 5.82 Å². The Labute approximate surface area is 83.4 Å². The number of aryl methyl sites for hydroxylation is 2. The van der Waals surface area contributed by atoms with Gasteiger partial charge in [-0.3, -0.25) is 0 Å². The van der Waals surface area contributed by atoms with Crippen LogP contribution < -0.4 is 0 Å². The topological polar surface area (TPSA) is 30.7 Å². The van der Waals surface area contributed by atoms with Crippen molar-refractivity contribution in [1.82, 2.24) is 14.8 Å². The maximum Gasteiger partial charge on any atom is 0.153 e. The Balaban J connectivity index is 2.46. The van der Waals surface area contributed by atoms with Gasteiger partial charge in [-0.2, -0.15) is 5.10 Å². The summed E-state index contributed by atoms with van der Waals surface area (Å²) in [4.78, 5) is 4.26. The lowest BCUT2D eigenvalue weighted by molar-refractivity contribution is 0.794. The largest absolute Gasteiger partial charge is 0.237 e. The Morgan fingerprint density at radius 1 is 1.36 bits per heavy atom. The molecule has 0 unspecified atom stereocenters. The molecular weight excluding hydrogens is 174 g/mol. The van der Waals surface area contributed by atoms with Crippen molar-refractivity contribution < 1.29 is 0 Å². The molecule has 0 aromatic carbocycles. The third kappa shape index (κ3) is 1.53. The molecule has 2 aromatic heterocycles. The second-order valence-electron chi connectivity index (χ2n) is 3.23. The SMILES string of the molecule is CCc1cc(C)n(-c2ccccn2)n1. The van der Waals surface area contributed by atoms with Crippen molar-refractivity contribution >= 4 is 0 Å². The maximum atomic E-state index is 4.45. The lowest BCUT2D eigenvalue weighted by atomic mass is 10.3. The standard InChI is InChI=1S/C11H13N3/c1-3-10-8-9(2)14(13-10)11-6-4-5-7-12-11/h4-8H,3H2,1-2H3. The molecule has 0 aliphatic carbocycles. The van der Waals surface area contributed by atoms with Gasteiger partial charge >= 0.3 is 0 Å². The van der Waals surface area contributed by atoms with Crippen LogP contribution in [0.25, 0.3) is 5.82 Å². The highest BCUT2D eigenvalue weighted by Gasteiger charge is 2.04. The highest BCUT2D eigenvalue weighted by Crippen LogP contribution is 2.09. The van der Waals surface area contributed by atoms with E-state index in [0.717, 1.165) is 23.6 Å². The summed E-state index contributed by atoms with van der Waals surface area (Å²) < 4.78 is 1.87. The Morgan fingerprint density at radius 2 is 2.21 bits per heavy atom. The zero-order chi connectivity index (χ0) is 9.97. The summed E-state index contributed by atoms with van der Waals surface area (Å²) in [7, 11) is 0. The summed E-state index contributed by atoms with van der Waals surface area (Å²) in [6, 6.07) is 7.92. The Kier molecular flexibility index (Phi) is 2.31. The summed E-state index contributed by atoms with van der Waals surface area (Å²) in [5, 5.41) is 4.45. The second kappa shape index (κ2) is 3.62. The molecule has 0 aliphatic rings. The molecular formula is C11H13N3. The number of hydrogen-bond donors (Lipinski definition) is 0. The van der Waals surface area contributed by atoms with Gasteiger partial charge in [0, 0.05) is 11.9 Å². The van der Waals surface area contributed by atoms with E-state index in [1.807, 2.05) is 29.8 Å². The number of hydrogen-bond acceptors (Lipinski definition) is 2. The Morgan fingerprint density at radius 3 is 2.79 bits per heavy atom. The summed E-state index contributed by atoms with van der Waals surface area (Å²) in [6.07, 6.45) is 2.74. The van der Waals surface area contributed by atoms with Gasteiger partial charge in [0.25, 0.3) is 0 Å². The minimum Gasteiger partial charge on any atom is -0.237 e. The van der Waals surface area contributed by atoms with Gasteiger partial charge in [0.05, 0.1) is 5.69 Å². The zero-order valence-electron chi connectivity index (χ0n) is 8.44. The molecule has 0 N–H and O–H groups in total. The smallest absolute Gasteiger partial charge is 0.153 e. The third-order valence-corrected chi connectivity index (χ3v) is 2.17. The van der Waals surface area contributed by atoms with E-state index in [1.54, 1.807) is 6.20 Å². The van der Waals surface area contributed by atoms with Gasteiger partial charge in [-0.05, 0) is 31.5 Å². The van der Waals surface area contributed by atoms with E-state index in [-0.39, 0.29) is 0 Å². The van der Waals surface area contributed by atoms with Crippen LogP contribution in [-0.2, 0) is 6.42 Å². The van der Waals surface area contributed by atoms with Crippen LogP contribution in [0.15, 0.2) is 30.5 Å². The van der Waals surface area contributed by atoms with E-state index in [9.17, 15) is 0 Å². The van der Waals surface area contributed by atoms with Crippen LogP contribution in [0.3, 0.4) is 0 Å². The van der Waals surface area contributed by atoms with Crippen LogP contribution >= 0.6 is 0 Å². The minimum atomic E-state index is 0.879. The summed E-state index contributed by atoms with van der Waals surface area (Å²) in [5.41, 5.74) is 2.23. The maximum absolute atomic E-state index is 4.45. The average Bonchev–Trinajstić information content (AvgIpc) is 2.61. The van der Waals surface area contributed by atoms with E-state index in [2.05, 4.69) is 23.1 Å². The summed E-state index contributed by atoms with van der Waals surface area (Å²) in [6.45, 7) is 4.14. The molecule has 0 bridgehead atoms. The number of aromatic nitrogens is 3.